The van der Waals surface area contributed by atoms with E-state index in [1.807, 2.05) is 26.0 Å². The lowest BCUT2D eigenvalue weighted by Crippen LogP contribution is -2.46. The quantitative estimate of drug-likeness (QED) is 0.602. The third-order valence-corrected chi connectivity index (χ3v) is 7.35. The molecule has 0 spiro atoms. The minimum absolute atomic E-state index is 0.171. The van der Waals surface area contributed by atoms with E-state index in [9.17, 15) is 4.79 Å². The summed E-state index contributed by atoms with van der Waals surface area (Å²) in [6, 6.07) is 8.22. The fourth-order valence-electron chi connectivity index (χ4n) is 6.59. The number of hydrogen-bond acceptors (Lipinski definition) is 3. The summed E-state index contributed by atoms with van der Waals surface area (Å²) in [6.07, 6.45) is 10.7. The maximum atomic E-state index is 11.9. The SMILES string of the molecule is COC(=O)C(C)(C)Cc1cccc(OCCC23CC4CC(CC(C4)C2)C3)c1. The molecular weight excluding hydrogens is 336 g/mol. The van der Waals surface area contributed by atoms with Crippen molar-refractivity contribution in [2.24, 2.45) is 28.6 Å². The van der Waals surface area contributed by atoms with Gasteiger partial charge in [-0.05, 0) is 106 Å². The van der Waals surface area contributed by atoms with Crippen LogP contribution < -0.4 is 4.74 Å². The Bertz CT molecular complexity index is 655. The molecule has 3 nitrogen and oxygen atoms in total. The summed E-state index contributed by atoms with van der Waals surface area (Å²) in [5.74, 6) is 3.76. The first-order valence-electron chi connectivity index (χ1n) is 10.7. The number of rotatable bonds is 7. The Kier molecular flexibility index (Phi) is 4.98. The Balaban J connectivity index is 1.33. The van der Waals surface area contributed by atoms with Crippen molar-refractivity contribution in [2.45, 2.75) is 65.2 Å². The maximum absolute atomic E-state index is 11.9. The van der Waals surface area contributed by atoms with Crippen molar-refractivity contribution in [3.05, 3.63) is 29.8 Å². The summed E-state index contributed by atoms with van der Waals surface area (Å²) >= 11 is 0. The number of methoxy groups -OCH3 is 1. The van der Waals surface area contributed by atoms with Crippen molar-refractivity contribution in [3.8, 4) is 5.75 Å². The number of benzene rings is 1. The molecule has 0 radical (unpaired) electrons. The van der Waals surface area contributed by atoms with Crippen LogP contribution in [0, 0.1) is 28.6 Å². The first kappa shape index (κ1) is 18.8. The van der Waals surface area contributed by atoms with Crippen molar-refractivity contribution < 1.29 is 14.3 Å². The van der Waals surface area contributed by atoms with Crippen molar-refractivity contribution in [1.82, 2.24) is 0 Å². The Labute approximate surface area is 163 Å². The summed E-state index contributed by atoms with van der Waals surface area (Å²) in [7, 11) is 1.45. The molecule has 0 amide bonds. The van der Waals surface area contributed by atoms with Crippen LogP contribution in [0.4, 0.5) is 0 Å². The Morgan fingerprint density at radius 3 is 2.33 bits per heavy atom. The van der Waals surface area contributed by atoms with E-state index < -0.39 is 5.41 Å². The minimum atomic E-state index is -0.521. The molecule has 27 heavy (non-hydrogen) atoms. The lowest BCUT2D eigenvalue weighted by atomic mass is 9.49. The Morgan fingerprint density at radius 1 is 1.11 bits per heavy atom. The first-order chi connectivity index (χ1) is 12.9. The lowest BCUT2D eigenvalue weighted by molar-refractivity contribution is -0.150. The van der Waals surface area contributed by atoms with Crippen LogP contribution in [0.3, 0.4) is 0 Å². The highest BCUT2D eigenvalue weighted by Gasteiger charge is 2.50. The standard InChI is InChI=1S/C24H34O3/c1-23(2,22(25)26-3)13-17-5-4-6-21(12-17)27-8-7-24-14-18-9-19(15-24)11-20(10-18)16-24/h4-6,12,18-20H,7-11,13-16H2,1-3H3. The maximum Gasteiger partial charge on any atom is 0.311 e. The smallest absolute Gasteiger partial charge is 0.311 e. The summed E-state index contributed by atoms with van der Waals surface area (Å²) in [6.45, 7) is 4.68. The largest absolute Gasteiger partial charge is 0.494 e. The van der Waals surface area contributed by atoms with Crippen molar-refractivity contribution in [3.63, 3.8) is 0 Å². The van der Waals surface area contributed by atoms with Gasteiger partial charge in [0.05, 0.1) is 19.1 Å². The molecule has 4 bridgehead atoms. The number of esters is 1. The molecule has 3 heteroatoms. The van der Waals surface area contributed by atoms with Crippen LogP contribution in [0.2, 0.25) is 0 Å². The van der Waals surface area contributed by atoms with Gasteiger partial charge in [-0.3, -0.25) is 4.79 Å². The number of hydrogen-bond donors (Lipinski definition) is 0. The third kappa shape index (κ3) is 4.02. The number of carbonyl (C=O) groups is 1. The second-order valence-electron chi connectivity index (χ2n) is 10.2. The summed E-state index contributed by atoms with van der Waals surface area (Å²) in [5.41, 5.74) is 1.17. The van der Waals surface area contributed by atoms with E-state index in [4.69, 9.17) is 9.47 Å². The molecule has 148 valence electrons. The van der Waals surface area contributed by atoms with Crippen molar-refractivity contribution >= 4 is 5.97 Å². The van der Waals surface area contributed by atoms with Crippen LogP contribution in [-0.4, -0.2) is 19.7 Å². The van der Waals surface area contributed by atoms with Crippen molar-refractivity contribution in [2.75, 3.05) is 13.7 Å². The van der Waals surface area contributed by atoms with Gasteiger partial charge in [-0.1, -0.05) is 12.1 Å². The Morgan fingerprint density at radius 2 is 1.74 bits per heavy atom. The lowest BCUT2D eigenvalue weighted by Gasteiger charge is -2.57. The molecule has 0 aromatic heterocycles. The molecular formula is C24H34O3. The molecule has 1 aromatic carbocycles. The molecule has 5 rings (SSSR count). The van der Waals surface area contributed by atoms with Gasteiger partial charge in [-0.2, -0.15) is 0 Å². The zero-order chi connectivity index (χ0) is 19.1. The summed E-state index contributed by atoms with van der Waals surface area (Å²) in [5, 5.41) is 0. The first-order valence-corrected chi connectivity index (χ1v) is 10.7. The second-order valence-corrected chi connectivity index (χ2v) is 10.2. The predicted octanol–water partition coefficient (Wildman–Crippen LogP) is 5.41. The van der Waals surface area contributed by atoms with Gasteiger partial charge in [-0.25, -0.2) is 0 Å². The second kappa shape index (κ2) is 7.14. The van der Waals surface area contributed by atoms with E-state index >= 15 is 0 Å². The van der Waals surface area contributed by atoms with Gasteiger partial charge in [0.15, 0.2) is 0 Å². The molecule has 0 aliphatic heterocycles. The normalized spacial score (nSPS) is 31.7. The monoisotopic (exact) mass is 370 g/mol. The van der Waals surface area contributed by atoms with E-state index in [0.29, 0.717) is 11.8 Å². The van der Waals surface area contributed by atoms with E-state index in [2.05, 4.69) is 12.1 Å². The average molecular weight is 371 g/mol. The molecule has 4 aliphatic carbocycles. The van der Waals surface area contributed by atoms with Crippen LogP contribution in [0.15, 0.2) is 24.3 Å². The van der Waals surface area contributed by atoms with Gasteiger partial charge >= 0.3 is 5.97 Å². The fraction of sp³-hybridized carbons (Fsp3) is 0.708. The highest BCUT2D eigenvalue weighted by Crippen LogP contribution is 2.61. The molecule has 0 atom stereocenters. The van der Waals surface area contributed by atoms with Crippen LogP contribution in [0.25, 0.3) is 0 Å². The van der Waals surface area contributed by atoms with Gasteiger partial charge in [0.25, 0.3) is 0 Å². The molecule has 4 saturated carbocycles. The zero-order valence-electron chi connectivity index (χ0n) is 17.1. The fourth-order valence-corrected chi connectivity index (χ4v) is 6.59. The summed E-state index contributed by atoms with van der Waals surface area (Å²) in [4.78, 5) is 11.9. The van der Waals surface area contributed by atoms with Gasteiger partial charge in [0, 0.05) is 0 Å². The molecule has 0 heterocycles. The highest BCUT2D eigenvalue weighted by molar-refractivity contribution is 5.76. The highest BCUT2D eigenvalue weighted by atomic mass is 16.5. The summed E-state index contributed by atoms with van der Waals surface area (Å²) < 4.78 is 11.1. The molecule has 0 N–H and O–H groups in total. The van der Waals surface area contributed by atoms with Gasteiger partial charge < -0.3 is 9.47 Å². The minimum Gasteiger partial charge on any atom is -0.494 e. The van der Waals surface area contributed by atoms with Gasteiger partial charge in [-0.15, -0.1) is 0 Å². The van der Waals surface area contributed by atoms with Gasteiger partial charge in [0.2, 0.25) is 0 Å². The number of ether oxygens (including phenoxy) is 2. The molecule has 4 fully saturated rings. The van der Waals surface area contributed by atoms with Crippen LogP contribution in [-0.2, 0) is 16.0 Å². The van der Waals surface area contributed by atoms with E-state index in [1.54, 1.807) is 0 Å². The van der Waals surface area contributed by atoms with Crippen LogP contribution >= 0.6 is 0 Å². The Hall–Kier alpha value is -1.51. The van der Waals surface area contributed by atoms with E-state index in [-0.39, 0.29) is 5.97 Å². The van der Waals surface area contributed by atoms with Crippen LogP contribution in [0.5, 0.6) is 5.75 Å². The topological polar surface area (TPSA) is 35.5 Å². The van der Waals surface area contributed by atoms with E-state index in [1.165, 1.54) is 52.1 Å². The predicted molar refractivity (Wildman–Crippen MR) is 107 cm³/mol. The van der Waals surface area contributed by atoms with Crippen molar-refractivity contribution in [1.29, 1.82) is 0 Å². The van der Waals surface area contributed by atoms with Gasteiger partial charge in [0.1, 0.15) is 5.75 Å². The molecule has 1 aromatic rings. The molecule has 0 saturated heterocycles. The zero-order valence-corrected chi connectivity index (χ0v) is 17.1. The number of carbonyl (C=O) groups excluding carboxylic acids is 1. The average Bonchev–Trinajstić information content (AvgIpc) is 2.59. The molecule has 4 aliphatic rings. The van der Waals surface area contributed by atoms with E-state index in [0.717, 1.165) is 35.7 Å². The van der Waals surface area contributed by atoms with Crippen LogP contribution in [0.1, 0.15) is 64.4 Å². The molecule has 0 unspecified atom stereocenters. The third-order valence-electron chi connectivity index (χ3n) is 7.35.